The lowest BCUT2D eigenvalue weighted by Crippen LogP contribution is -2.54. The first kappa shape index (κ1) is 19.6. The van der Waals surface area contributed by atoms with Gasteiger partial charge in [-0.1, -0.05) is 6.07 Å². The summed E-state index contributed by atoms with van der Waals surface area (Å²) in [6.07, 6.45) is 9.98. The monoisotopic (exact) mass is 410 g/mol. The first-order valence-corrected chi connectivity index (χ1v) is 11.3. The average Bonchev–Trinajstić information content (AvgIpc) is 3.17. The zero-order valence-corrected chi connectivity index (χ0v) is 17.4. The van der Waals surface area contributed by atoms with E-state index in [1.54, 1.807) is 0 Å². The Morgan fingerprint density at radius 2 is 1.63 bits per heavy atom. The first-order chi connectivity index (χ1) is 14.5. The highest BCUT2D eigenvalue weighted by atomic mass is 16.5. The number of carbonyl (C=O) groups is 3. The van der Waals surface area contributed by atoms with Gasteiger partial charge < -0.3 is 15.4 Å². The molecule has 6 rings (SSSR count). The molecule has 5 aliphatic rings. The van der Waals surface area contributed by atoms with Crippen molar-refractivity contribution in [1.29, 1.82) is 0 Å². The van der Waals surface area contributed by atoms with Crippen LogP contribution < -0.4 is 10.6 Å². The number of aryl methyl sites for hydroxylation is 2. The maximum Gasteiger partial charge on any atom is 0.325 e. The normalized spacial score (nSPS) is 30.6. The summed E-state index contributed by atoms with van der Waals surface area (Å²) in [6.45, 7) is -0.518. The van der Waals surface area contributed by atoms with Crippen molar-refractivity contribution in [1.82, 2.24) is 5.32 Å². The van der Waals surface area contributed by atoms with Gasteiger partial charge in [0.2, 0.25) is 5.91 Å². The molecule has 4 saturated carbocycles. The van der Waals surface area contributed by atoms with Gasteiger partial charge in [0.05, 0.1) is 0 Å². The Hall–Kier alpha value is -2.37. The summed E-state index contributed by atoms with van der Waals surface area (Å²) in [5.74, 6) is 1.10. The van der Waals surface area contributed by atoms with Crippen LogP contribution in [-0.2, 0) is 32.0 Å². The molecule has 160 valence electrons. The summed E-state index contributed by atoms with van der Waals surface area (Å²) < 4.78 is 5.07. The van der Waals surface area contributed by atoms with Crippen molar-refractivity contribution in [3.63, 3.8) is 0 Å². The Bertz CT molecular complexity index is 843. The van der Waals surface area contributed by atoms with Crippen LogP contribution in [0.4, 0.5) is 5.69 Å². The molecule has 4 fully saturated rings. The molecule has 0 aromatic heterocycles. The van der Waals surface area contributed by atoms with Gasteiger partial charge in [-0.15, -0.1) is 0 Å². The van der Waals surface area contributed by atoms with Crippen molar-refractivity contribution in [2.75, 3.05) is 18.5 Å². The second-order valence-corrected chi connectivity index (χ2v) is 9.93. The molecular formula is C24H30N2O4. The lowest BCUT2D eigenvalue weighted by atomic mass is 9.49. The van der Waals surface area contributed by atoms with E-state index < -0.39 is 5.97 Å². The minimum absolute atomic E-state index is 0.00106. The smallest absolute Gasteiger partial charge is 0.325 e. The van der Waals surface area contributed by atoms with Gasteiger partial charge in [-0.3, -0.25) is 14.4 Å². The molecule has 0 atom stereocenters. The van der Waals surface area contributed by atoms with E-state index in [0.29, 0.717) is 17.8 Å². The van der Waals surface area contributed by atoms with Crippen molar-refractivity contribution in [2.24, 2.45) is 23.2 Å². The van der Waals surface area contributed by atoms with E-state index in [1.807, 2.05) is 18.2 Å². The summed E-state index contributed by atoms with van der Waals surface area (Å²) in [7, 11) is 0. The fourth-order valence-electron chi connectivity index (χ4n) is 6.77. The minimum atomic E-state index is -0.572. The maximum atomic E-state index is 12.9. The van der Waals surface area contributed by atoms with Crippen molar-refractivity contribution >= 4 is 23.5 Å². The lowest BCUT2D eigenvalue weighted by Gasteiger charge is -2.55. The van der Waals surface area contributed by atoms with Gasteiger partial charge in [0.1, 0.15) is 6.54 Å². The Kier molecular flexibility index (Phi) is 5.03. The summed E-state index contributed by atoms with van der Waals surface area (Å²) >= 11 is 0. The second-order valence-electron chi connectivity index (χ2n) is 9.93. The molecule has 6 heteroatoms. The van der Waals surface area contributed by atoms with E-state index in [0.717, 1.165) is 44.2 Å². The van der Waals surface area contributed by atoms with E-state index in [2.05, 4.69) is 10.6 Å². The quantitative estimate of drug-likeness (QED) is 0.706. The fraction of sp³-hybridized carbons (Fsp3) is 0.625. The number of hydrogen-bond acceptors (Lipinski definition) is 4. The first-order valence-electron chi connectivity index (χ1n) is 11.3. The third kappa shape index (κ3) is 3.84. The molecule has 0 saturated heterocycles. The predicted molar refractivity (Wildman–Crippen MR) is 112 cm³/mol. The van der Waals surface area contributed by atoms with Crippen LogP contribution in [0.15, 0.2) is 18.2 Å². The highest BCUT2D eigenvalue weighted by Crippen LogP contribution is 2.60. The Labute approximate surface area is 177 Å². The molecule has 1 aromatic rings. The molecule has 30 heavy (non-hydrogen) atoms. The lowest BCUT2D eigenvalue weighted by molar-refractivity contribution is -0.152. The van der Waals surface area contributed by atoms with Gasteiger partial charge >= 0.3 is 5.97 Å². The molecular weight excluding hydrogens is 380 g/mol. The molecule has 2 amide bonds. The van der Waals surface area contributed by atoms with E-state index in [9.17, 15) is 14.4 Å². The number of amides is 2. The van der Waals surface area contributed by atoms with Gasteiger partial charge in [0.15, 0.2) is 6.61 Å². The van der Waals surface area contributed by atoms with Gasteiger partial charge in [-0.2, -0.15) is 0 Å². The van der Waals surface area contributed by atoms with Crippen LogP contribution in [0.5, 0.6) is 0 Å². The van der Waals surface area contributed by atoms with Crippen LogP contribution in [0.3, 0.4) is 0 Å². The predicted octanol–water partition coefficient (Wildman–Crippen LogP) is 2.99. The van der Waals surface area contributed by atoms with E-state index in [-0.39, 0.29) is 30.4 Å². The molecule has 5 aliphatic carbocycles. The van der Waals surface area contributed by atoms with Crippen LogP contribution in [-0.4, -0.2) is 30.9 Å². The van der Waals surface area contributed by atoms with Gasteiger partial charge in [0, 0.05) is 11.1 Å². The highest BCUT2D eigenvalue weighted by molar-refractivity contribution is 5.93. The molecule has 4 bridgehead atoms. The molecule has 0 aliphatic heterocycles. The molecule has 0 spiro atoms. The number of nitrogens with one attached hydrogen (secondary N) is 2. The number of rotatable bonds is 6. The molecule has 6 nitrogen and oxygen atoms in total. The summed E-state index contributed by atoms with van der Waals surface area (Å²) in [4.78, 5) is 37.1. The van der Waals surface area contributed by atoms with Gasteiger partial charge in [-0.25, -0.2) is 0 Å². The van der Waals surface area contributed by atoms with Crippen LogP contribution >= 0.6 is 0 Å². The third-order valence-electron chi connectivity index (χ3n) is 7.66. The van der Waals surface area contributed by atoms with Crippen LogP contribution in [0, 0.1) is 23.2 Å². The summed E-state index contributed by atoms with van der Waals surface area (Å²) in [5.41, 5.74) is 3.07. The topological polar surface area (TPSA) is 84.5 Å². The number of carbonyl (C=O) groups excluding carboxylic acids is 3. The highest BCUT2D eigenvalue weighted by Gasteiger charge is 2.54. The van der Waals surface area contributed by atoms with Gasteiger partial charge in [-0.05, 0) is 98.8 Å². The van der Waals surface area contributed by atoms with E-state index in [1.165, 1.54) is 30.4 Å². The Balaban J connectivity index is 1.07. The van der Waals surface area contributed by atoms with Crippen LogP contribution in [0.25, 0.3) is 0 Å². The average molecular weight is 411 g/mol. The van der Waals surface area contributed by atoms with Crippen molar-refractivity contribution in [3.05, 3.63) is 29.3 Å². The van der Waals surface area contributed by atoms with Crippen LogP contribution in [0.1, 0.15) is 56.1 Å². The number of benzene rings is 1. The number of anilines is 1. The molecule has 2 N–H and O–H groups in total. The zero-order chi connectivity index (χ0) is 20.7. The van der Waals surface area contributed by atoms with Crippen molar-refractivity contribution < 1.29 is 19.1 Å². The molecule has 0 heterocycles. The molecule has 1 aromatic carbocycles. The minimum Gasteiger partial charge on any atom is -0.454 e. The van der Waals surface area contributed by atoms with E-state index >= 15 is 0 Å². The SMILES string of the molecule is O=C(COC(=O)CNC(=O)C12CC3CC(CC(C3)C1)C2)Nc1ccc2c(c1)CCC2. The van der Waals surface area contributed by atoms with E-state index in [4.69, 9.17) is 4.74 Å². The zero-order valence-electron chi connectivity index (χ0n) is 17.4. The van der Waals surface area contributed by atoms with Crippen molar-refractivity contribution in [2.45, 2.75) is 57.8 Å². The molecule has 0 unspecified atom stereocenters. The summed E-state index contributed by atoms with van der Waals surface area (Å²) in [6, 6.07) is 5.92. The number of esters is 1. The Morgan fingerprint density at radius 1 is 0.967 bits per heavy atom. The number of ether oxygens (including phenoxy) is 1. The van der Waals surface area contributed by atoms with Crippen LogP contribution in [0.2, 0.25) is 0 Å². The Morgan fingerprint density at radius 3 is 2.33 bits per heavy atom. The standard InChI is InChI=1S/C24H30N2O4/c27-21(26-20-5-4-18-2-1-3-19(18)9-20)14-30-22(28)13-25-23(29)24-10-15-6-16(11-24)8-17(7-15)12-24/h4-5,9,15-17H,1-3,6-8,10-14H2,(H,25,29)(H,26,27). The summed E-state index contributed by atoms with van der Waals surface area (Å²) in [5, 5.41) is 5.57. The molecule has 0 radical (unpaired) electrons. The number of hydrogen-bond donors (Lipinski definition) is 2. The maximum absolute atomic E-state index is 12.9. The number of fused-ring (bicyclic) bond motifs is 1. The largest absolute Gasteiger partial charge is 0.454 e. The van der Waals surface area contributed by atoms with Gasteiger partial charge in [0.25, 0.3) is 5.91 Å². The van der Waals surface area contributed by atoms with Crippen molar-refractivity contribution in [3.8, 4) is 0 Å². The second kappa shape index (κ2) is 7.71. The fourth-order valence-corrected chi connectivity index (χ4v) is 6.77. The third-order valence-corrected chi connectivity index (χ3v) is 7.66.